The van der Waals surface area contributed by atoms with Crippen LogP contribution in [0.2, 0.25) is 0 Å². The molecule has 8 heteroatoms. The summed E-state index contributed by atoms with van der Waals surface area (Å²) < 4.78 is 5.13. The first-order chi connectivity index (χ1) is 13.0. The van der Waals surface area contributed by atoms with E-state index in [-0.39, 0.29) is 11.6 Å². The molecule has 0 amide bonds. The number of ether oxygens (including phenoxy) is 1. The van der Waals surface area contributed by atoms with Gasteiger partial charge in [-0.1, -0.05) is 18.2 Å². The predicted octanol–water partition coefficient (Wildman–Crippen LogP) is 3.56. The number of carbonyl (C=O) groups excluding carboxylic acids is 1. The molecular formula is C19H16N4O4. The van der Waals surface area contributed by atoms with E-state index in [1.807, 2.05) is 30.3 Å². The Morgan fingerprint density at radius 3 is 2.63 bits per heavy atom. The average Bonchev–Trinajstić information content (AvgIpc) is 3.03. The zero-order valence-electron chi connectivity index (χ0n) is 14.4. The highest BCUT2D eigenvalue weighted by atomic mass is 16.6. The zero-order valence-corrected chi connectivity index (χ0v) is 14.4. The van der Waals surface area contributed by atoms with Crippen molar-refractivity contribution in [3.8, 4) is 0 Å². The summed E-state index contributed by atoms with van der Waals surface area (Å²) in [5, 5.41) is 15.7. The summed E-state index contributed by atoms with van der Waals surface area (Å²) in [6, 6.07) is 15.6. The van der Waals surface area contributed by atoms with Crippen molar-refractivity contribution in [2.24, 2.45) is 5.10 Å². The topological polar surface area (TPSA) is 110 Å². The number of hydrazone groups is 1. The van der Waals surface area contributed by atoms with Gasteiger partial charge in [-0.25, -0.2) is 5.43 Å². The number of nitro benzene ring substituents is 1. The van der Waals surface area contributed by atoms with Crippen LogP contribution in [0.15, 0.2) is 65.6 Å². The van der Waals surface area contributed by atoms with Crippen molar-refractivity contribution in [3.05, 3.63) is 81.9 Å². The van der Waals surface area contributed by atoms with Gasteiger partial charge in [0.15, 0.2) is 0 Å². The smallest absolute Gasteiger partial charge is 0.309 e. The number of H-pyrrole nitrogens is 1. The number of nitrogens with one attached hydrogen (secondary N) is 2. The third kappa shape index (κ3) is 4.79. The standard InChI is InChI=1S/C19H16N4O4/c1-13(24)27-19(11-16-10-15-4-2-3-5-18(15)21-16)22-20-12-14-6-8-17(9-7-14)23(25)26/h2-12,21-22H,1H3/b19-11-,20-12-. The van der Waals surface area contributed by atoms with Gasteiger partial charge in [-0.3, -0.25) is 14.9 Å². The second kappa shape index (κ2) is 7.96. The Hall–Kier alpha value is -3.94. The molecule has 3 rings (SSSR count). The summed E-state index contributed by atoms with van der Waals surface area (Å²) >= 11 is 0. The van der Waals surface area contributed by atoms with Crippen LogP contribution in [-0.2, 0) is 9.53 Å². The molecule has 0 unspecified atom stereocenters. The highest BCUT2D eigenvalue weighted by Gasteiger charge is 2.05. The van der Waals surface area contributed by atoms with Crippen LogP contribution in [0.5, 0.6) is 0 Å². The Balaban J connectivity index is 1.76. The molecule has 2 aromatic carbocycles. The minimum atomic E-state index is -0.490. The molecule has 1 heterocycles. The lowest BCUT2D eigenvalue weighted by Crippen LogP contribution is -2.12. The fourth-order valence-electron chi connectivity index (χ4n) is 2.41. The Morgan fingerprint density at radius 2 is 1.96 bits per heavy atom. The molecule has 0 aliphatic rings. The minimum absolute atomic E-state index is 0.000539. The molecule has 0 bridgehead atoms. The van der Waals surface area contributed by atoms with E-state index in [9.17, 15) is 14.9 Å². The fraction of sp³-hybridized carbons (Fsp3) is 0.0526. The molecule has 0 aliphatic carbocycles. The largest absolute Gasteiger partial charge is 0.408 e. The summed E-state index contributed by atoms with van der Waals surface area (Å²) in [5.74, 6) is -0.345. The molecule has 0 saturated heterocycles. The lowest BCUT2D eigenvalue weighted by molar-refractivity contribution is -0.384. The number of non-ortho nitro benzene ring substituents is 1. The van der Waals surface area contributed by atoms with Gasteiger partial charge in [0.1, 0.15) is 0 Å². The van der Waals surface area contributed by atoms with Crippen LogP contribution in [0.4, 0.5) is 5.69 Å². The molecule has 0 radical (unpaired) electrons. The van der Waals surface area contributed by atoms with Crippen LogP contribution < -0.4 is 5.43 Å². The van der Waals surface area contributed by atoms with E-state index < -0.39 is 10.9 Å². The molecule has 0 fully saturated rings. The normalized spacial score (nSPS) is 11.7. The fourth-order valence-corrected chi connectivity index (χ4v) is 2.41. The van der Waals surface area contributed by atoms with Gasteiger partial charge in [0.25, 0.3) is 5.69 Å². The molecule has 136 valence electrons. The van der Waals surface area contributed by atoms with Crippen LogP contribution in [0.1, 0.15) is 18.2 Å². The Labute approximate surface area is 154 Å². The first kappa shape index (κ1) is 17.9. The molecule has 0 atom stereocenters. The number of hydrogen-bond acceptors (Lipinski definition) is 6. The number of benzene rings is 2. The number of carbonyl (C=O) groups is 1. The number of aromatic amines is 1. The predicted molar refractivity (Wildman–Crippen MR) is 102 cm³/mol. The van der Waals surface area contributed by atoms with E-state index >= 15 is 0 Å². The molecule has 1 aromatic heterocycles. The van der Waals surface area contributed by atoms with Gasteiger partial charge in [0.2, 0.25) is 5.88 Å². The minimum Gasteiger partial charge on any atom is -0.408 e. The monoisotopic (exact) mass is 364 g/mol. The number of esters is 1. The summed E-state index contributed by atoms with van der Waals surface area (Å²) in [6.45, 7) is 1.29. The molecule has 0 aliphatic heterocycles. The molecule has 0 spiro atoms. The second-order valence-electron chi connectivity index (χ2n) is 5.63. The van der Waals surface area contributed by atoms with Gasteiger partial charge in [-0.2, -0.15) is 5.10 Å². The Bertz CT molecular complexity index is 1000. The lowest BCUT2D eigenvalue weighted by atomic mass is 10.2. The van der Waals surface area contributed by atoms with E-state index in [0.717, 1.165) is 16.6 Å². The number of nitro groups is 1. The molecule has 2 N–H and O–H groups in total. The molecule has 3 aromatic rings. The highest BCUT2D eigenvalue weighted by molar-refractivity contribution is 5.83. The Kier molecular flexibility index (Phi) is 5.27. The quantitative estimate of drug-likeness (QED) is 0.228. The second-order valence-corrected chi connectivity index (χ2v) is 5.63. The maximum Gasteiger partial charge on any atom is 0.309 e. The summed E-state index contributed by atoms with van der Waals surface area (Å²) in [5.41, 5.74) is 5.02. The first-order valence-corrected chi connectivity index (χ1v) is 8.03. The SMILES string of the molecule is CC(=O)O/C(=C\c1cc2ccccc2[nH]1)N/N=C\c1ccc([N+](=O)[O-])cc1. The molecular weight excluding hydrogens is 348 g/mol. The van der Waals surface area contributed by atoms with Crippen LogP contribution >= 0.6 is 0 Å². The summed E-state index contributed by atoms with van der Waals surface area (Å²) in [4.78, 5) is 24.7. The average molecular weight is 364 g/mol. The first-order valence-electron chi connectivity index (χ1n) is 8.03. The zero-order chi connectivity index (χ0) is 19.2. The van der Waals surface area contributed by atoms with E-state index in [1.54, 1.807) is 18.2 Å². The maximum absolute atomic E-state index is 11.3. The van der Waals surface area contributed by atoms with Crippen LogP contribution in [0.3, 0.4) is 0 Å². The van der Waals surface area contributed by atoms with Gasteiger partial charge in [0, 0.05) is 36.3 Å². The number of fused-ring (bicyclic) bond motifs is 1. The van der Waals surface area contributed by atoms with Gasteiger partial charge in [-0.15, -0.1) is 0 Å². The van der Waals surface area contributed by atoms with Crippen molar-refractivity contribution < 1.29 is 14.5 Å². The summed E-state index contributed by atoms with van der Waals surface area (Å²) in [7, 11) is 0. The van der Waals surface area contributed by atoms with Gasteiger partial charge >= 0.3 is 5.97 Å². The van der Waals surface area contributed by atoms with Crippen LogP contribution in [0, 0.1) is 10.1 Å². The highest BCUT2D eigenvalue weighted by Crippen LogP contribution is 2.16. The van der Waals surface area contributed by atoms with Crippen LogP contribution in [0.25, 0.3) is 17.0 Å². The van der Waals surface area contributed by atoms with Gasteiger partial charge in [0.05, 0.1) is 11.1 Å². The van der Waals surface area contributed by atoms with Crippen molar-refractivity contribution in [2.45, 2.75) is 6.92 Å². The molecule has 27 heavy (non-hydrogen) atoms. The molecule has 8 nitrogen and oxygen atoms in total. The molecule has 0 saturated carbocycles. The maximum atomic E-state index is 11.3. The Morgan fingerprint density at radius 1 is 1.22 bits per heavy atom. The van der Waals surface area contributed by atoms with Crippen LogP contribution in [-0.4, -0.2) is 22.1 Å². The van der Waals surface area contributed by atoms with Crippen molar-refractivity contribution in [3.63, 3.8) is 0 Å². The van der Waals surface area contributed by atoms with E-state index in [0.29, 0.717) is 5.56 Å². The summed E-state index contributed by atoms with van der Waals surface area (Å²) in [6.07, 6.45) is 3.08. The number of aromatic nitrogens is 1. The van der Waals surface area contributed by atoms with Crippen molar-refractivity contribution in [1.29, 1.82) is 0 Å². The van der Waals surface area contributed by atoms with E-state index in [4.69, 9.17) is 4.74 Å². The number of para-hydroxylation sites is 1. The van der Waals surface area contributed by atoms with E-state index in [1.165, 1.54) is 25.3 Å². The van der Waals surface area contributed by atoms with Gasteiger partial charge < -0.3 is 9.72 Å². The number of rotatable bonds is 6. The number of nitrogens with zero attached hydrogens (tertiary/aromatic N) is 2. The number of hydrogen-bond donors (Lipinski definition) is 2. The third-order valence-corrected chi connectivity index (χ3v) is 3.58. The van der Waals surface area contributed by atoms with E-state index in [2.05, 4.69) is 15.5 Å². The lowest BCUT2D eigenvalue weighted by Gasteiger charge is -2.05. The third-order valence-electron chi connectivity index (χ3n) is 3.58. The van der Waals surface area contributed by atoms with Crippen molar-refractivity contribution in [2.75, 3.05) is 0 Å². The van der Waals surface area contributed by atoms with Crippen molar-refractivity contribution >= 4 is 34.9 Å². The van der Waals surface area contributed by atoms with Gasteiger partial charge in [-0.05, 0) is 35.2 Å². The van der Waals surface area contributed by atoms with Crippen molar-refractivity contribution in [1.82, 2.24) is 10.4 Å².